The van der Waals surface area contributed by atoms with Crippen LogP contribution in [0.25, 0.3) is 11.0 Å². The van der Waals surface area contributed by atoms with E-state index in [1.807, 2.05) is 0 Å². The molecule has 2 aromatic carbocycles. The predicted octanol–water partition coefficient (Wildman–Crippen LogP) is 3.99. The highest BCUT2D eigenvalue weighted by Crippen LogP contribution is 2.27. The van der Waals surface area contributed by atoms with Crippen molar-refractivity contribution in [1.82, 2.24) is 9.55 Å². The van der Waals surface area contributed by atoms with Crippen molar-refractivity contribution >= 4 is 17.0 Å². The molecule has 0 atom stereocenters. The molecular formula is C19H21N3. The van der Waals surface area contributed by atoms with Gasteiger partial charge in [0.2, 0.25) is 5.95 Å². The van der Waals surface area contributed by atoms with Crippen molar-refractivity contribution in [1.29, 1.82) is 0 Å². The number of fused-ring (bicyclic) bond motifs is 1. The Morgan fingerprint density at radius 3 is 2.55 bits per heavy atom. The second kappa shape index (κ2) is 5.48. The van der Waals surface area contributed by atoms with Gasteiger partial charge < -0.3 is 9.47 Å². The van der Waals surface area contributed by atoms with Crippen molar-refractivity contribution in [2.24, 2.45) is 0 Å². The molecule has 0 bridgehead atoms. The Bertz CT molecular complexity index is 783. The van der Waals surface area contributed by atoms with Gasteiger partial charge in [-0.25, -0.2) is 4.98 Å². The van der Waals surface area contributed by atoms with Crippen molar-refractivity contribution < 1.29 is 0 Å². The number of benzene rings is 2. The van der Waals surface area contributed by atoms with Gasteiger partial charge in [-0.2, -0.15) is 0 Å². The zero-order chi connectivity index (χ0) is 14.9. The lowest BCUT2D eigenvalue weighted by Crippen LogP contribution is -2.22. The summed E-state index contributed by atoms with van der Waals surface area (Å²) in [4.78, 5) is 7.35. The quantitative estimate of drug-likeness (QED) is 0.727. The van der Waals surface area contributed by atoms with Gasteiger partial charge in [0.15, 0.2) is 0 Å². The minimum Gasteiger partial charge on any atom is -0.342 e. The van der Waals surface area contributed by atoms with E-state index in [2.05, 4.69) is 64.9 Å². The molecule has 0 spiro atoms. The zero-order valence-electron chi connectivity index (χ0n) is 13.0. The van der Waals surface area contributed by atoms with E-state index in [4.69, 9.17) is 4.98 Å². The molecule has 1 aromatic heterocycles. The summed E-state index contributed by atoms with van der Waals surface area (Å²) >= 11 is 0. The maximum absolute atomic E-state index is 4.92. The third-order valence-electron chi connectivity index (χ3n) is 4.46. The summed E-state index contributed by atoms with van der Waals surface area (Å²) in [6.07, 6.45) is 2.54. The first-order chi connectivity index (χ1) is 10.8. The van der Waals surface area contributed by atoms with Gasteiger partial charge in [-0.1, -0.05) is 36.4 Å². The second-order valence-electron chi connectivity index (χ2n) is 6.17. The molecule has 4 rings (SSSR count). The van der Waals surface area contributed by atoms with Crippen LogP contribution in [0, 0.1) is 6.92 Å². The number of imidazole rings is 1. The van der Waals surface area contributed by atoms with Crippen LogP contribution in [0.4, 0.5) is 5.95 Å². The van der Waals surface area contributed by atoms with Gasteiger partial charge in [0.05, 0.1) is 17.6 Å². The smallest absolute Gasteiger partial charge is 0.206 e. The number of aryl methyl sites for hydroxylation is 1. The molecule has 1 fully saturated rings. The summed E-state index contributed by atoms with van der Waals surface area (Å²) < 4.78 is 2.38. The topological polar surface area (TPSA) is 21.1 Å². The summed E-state index contributed by atoms with van der Waals surface area (Å²) in [6.45, 7) is 5.27. The van der Waals surface area contributed by atoms with Crippen LogP contribution in [0.5, 0.6) is 0 Å². The molecule has 0 radical (unpaired) electrons. The normalized spacial score (nSPS) is 14.9. The molecule has 1 aliphatic heterocycles. The minimum absolute atomic E-state index is 0.882. The first-order valence-electron chi connectivity index (χ1n) is 8.07. The Morgan fingerprint density at radius 2 is 1.77 bits per heavy atom. The Kier molecular flexibility index (Phi) is 3.34. The highest BCUT2D eigenvalue weighted by atomic mass is 15.3. The van der Waals surface area contributed by atoms with E-state index < -0.39 is 0 Å². The minimum atomic E-state index is 0.882. The van der Waals surface area contributed by atoms with Crippen molar-refractivity contribution in [2.45, 2.75) is 26.3 Å². The van der Waals surface area contributed by atoms with Crippen LogP contribution in [-0.4, -0.2) is 22.6 Å². The standard InChI is InChI=1S/C19H21N3/c1-15-9-10-17-18(13-15)22(14-16-7-3-2-4-8-16)19(20-17)21-11-5-6-12-21/h2-4,7-10,13H,5-6,11-12,14H2,1H3. The number of aromatic nitrogens is 2. The van der Waals surface area contributed by atoms with E-state index in [9.17, 15) is 0 Å². The average Bonchev–Trinajstić information content (AvgIpc) is 3.17. The Balaban J connectivity index is 1.84. The highest BCUT2D eigenvalue weighted by Gasteiger charge is 2.20. The predicted molar refractivity (Wildman–Crippen MR) is 91.5 cm³/mol. The summed E-state index contributed by atoms with van der Waals surface area (Å²) in [7, 11) is 0. The van der Waals surface area contributed by atoms with Crippen LogP contribution in [0.3, 0.4) is 0 Å². The van der Waals surface area contributed by atoms with Crippen molar-refractivity contribution in [3.63, 3.8) is 0 Å². The van der Waals surface area contributed by atoms with Gasteiger partial charge >= 0.3 is 0 Å². The first kappa shape index (κ1) is 13.4. The molecule has 3 aromatic rings. The molecule has 0 saturated carbocycles. The lowest BCUT2D eigenvalue weighted by Gasteiger charge is -2.18. The largest absolute Gasteiger partial charge is 0.342 e. The van der Waals surface area contributed by atoms with Crippen LogP contribution in [0.1, 0.15) is 24.0 Å². The van der Waals surface area contributed by atoms with Gasteiger partial charge in [-0.15, -0.1) is 0 Å². The van der Waals surface area contributed by atoms with Gasteiger partial charge in [0.25, 0.3) is 0 Å². The van der Waals surface area contributed by atoms with E-state index >= 15 is 0 Å². The van der Waals surface area contributed by atoms with Gasteiger partial charge in [0.1, 0.15) is 0 Å². The number of rotatable bonds is 3. The summed E-state index contributed by atoms with van der Waals surface area (Å²) in [6, 6.07) is 17.2. The maximum Gasteiger partial charge on any atom is 0.206 e. The fourth-order valence-corrected chi connectivity index (χ4v) is 3.30. The van der Waals surface area contributed by atoms with E-state index in [0.717, 1.165) is 31.1 Å². The fraction of sp³-hybridized carbons (Fsp3) is 0.316. The fourth-order valence-electron chi connectivity index (χ4n) is 3.30. The van der Waals surface area contributed by atoms with E-state index in [-0.39, 0.29) is 0 Å². The third-order valence-corrected chi connectivity index (χ3v) is 4.46. The van der Waals surface area contributed by atoms with E-state index in [1.165, 1.54) is 29.5 Å². The monoisotopic (exact) mass is 291 g/mol. The molecule has 0 N–H and O–H groups in total. The van der Waals surface area contributed by atoms with Crippen LogP contribution < -0.4 is 4.90 Å². The molecule has 1 aliphatic rings. The van der Waals surface area contributed by atoms with E-state index in [0.29, 0.717) is 0 Å². The molecule has 1 saturated heterocycles. The molecule has 2 heterocycles. The average molecular weight is 291 g/mol. The molecule has 0 amide bonds. The Morgan fingerprint density at radius 1 is 1.00 bits per heavy atom. The van der Waals surface area contributed by atoms with E-state index in [1.54, 1.807) is 0 Å². The van der Waals surface area contributed by atoms with Crippen LogP contribution >= 0.6 is 0 Å². The van der Waals surface area contributed by atoms with Crippen molar-refractivity contribution in [3.05, 3.63) is 59.7 Å². The molecule has 22 heavy (non-hydrogen) atoms. The summed E-state index contributed by atoms with van der Waals surface area (Å²) in [5.41, 5.74) is 4.95. The summed E-state index contributed by atoms with van der Waals surface area (Å²) in [5.74, 6) is 1.13. The van der Waals surface area contributed by atoms with Gasteiger partial charge in [-0.3, -0.25) is 0 Å². The highest BCUT2D eigenvalue weighted by molar-refractivity contribution is 5.80. The molecule has 0 unspecified atom stereocenters. The van der Waals surface area contributed by atoms with Crippen LogP contribution in [-0.2, 0) is 6.54 Å². The van der Waals surface area contributed by atoms with Crippen LogP contribution in [0.2, 0.25) is 0 Å². The third kappa shape index (κ3) is 2.37. The number of hydrogen-bond donors (Lipinski definition) is 0. The Labute approximate surface area is 131 Å². The Hall–Kier alpha value is -2.29. The van der Waals surface area contributed by atoms with Gasteiger partial charge in [0, 0.05) is 13.1 Å². The van der Waals surface area contributed by atoms with Crippen molar-refractivity contribution in [3.8, 4) is 0 Å². The van der Waals surface area contributed by atoms with Crippen LogP contribution in [0.15, 0.2) is 48.5 Å². The number of hydrogen-bond acceptors (Lipinski definition) is 2. The molecular weight excluding hydrogens is 270 g/mol. The maximum atomic E-state index is 4.92. The van der Waals surface area contributed by atoms with Crippen molar-refractivity contribution in [2.75, 3.05) is 18.0 Å². The molecule has 3 heteroatoms. The molecule has 3 nitrogen and oxygen atoms in total. The number of nitrogens with zero attached hydrogens (tertiary/aromatic N) is 3. The second-order valence-corrected chi connectivity index (χ2v) is 6.17. The lowest BCUT2D eigenvalue weighted by atomic mass is 10.2. The first-order valence-corrected chi connectivity index (χ1v) is 8.07. The lowest BCUT2D eigenvalue weighted by molar-refractivity contribution is 0.775. The molecule has 112 valence electrons. The summed E-state index contributed by atoms with van der Waals surface area (Å²) in [5, 5.41) is 0. The SMILES string of the molecule is Cc1ccc2nc(N3CCCC3)n(Cc3ccccc3)c2c1. The number of anilines is 1. The molecule has 0 aliphatic carbocycles. The zero-order valence-corrected chi connectivity index (χ0v) is 13.0. The van der Waals surface area contributed by atoms with Gasteiger partial charge in [-0.05, 0) is 43.0 Å².